The van der Waals surface area contributed by atoms with Crippen molar-refractivity contribution in [3.05, 3.63) is 124 Å². The first-order valence-corrected chi connectivity index (χ1v) is 25.4. The summed E-state index contributed by atoms with van der Waals surface area (Å²) in [6.07, 6.45) is 10.6. The molecule has 2 aliphatic rings. The van der Waals surface area contributed by atoms with E-state index >= 15 is 0 Å². The van der Waals surface area contributed by atoms with Gasteiger partial charge in [0.1, 0.15) is 24.7 Å². The highest BCUT2D eigenvalue weighted by Crippen LogP contribution is 2.39. The summed E-state index contributed by atoms with van der Waals surface area (Å²) >= 11 is 6.81. The quantitative estimate of drug-likeness (QED) is 0.0480. The zero-order valence-corrected chi connectivity index (χ0v) is 39.9. The van der Waals surface area contributed by atoms with Crippen LogP contribution < -0.4 is 11.5 Å². The Morgan fingerprint density at radius 1 is 0.839 bits per heavy atom. The number of H-pyrrole nitrogens is 1. The van der Waals surface area contributed by atoms with Crippen molar-refractivity contribution in [3.63, 3.8) is 0 Å². The van der Waals surface area contributed by atoms with Crippen LogP contribution in [0.5, 0.6) is 0 Å². The molecular formula is C44H53Br2N14OSi-. The molecule has 324 valence electrons. The van der Waals surface area contributed by atoms with Crippen molar-refractivity contribution in [2.24, 2.45) is 5.92 Å². The predicted octanol–water partition coefficient (Wildman–Crippen LogP) is 9.57. The van der Waals surface area contributed by atoms with E-state index in [2.05, 4.69) is 100 Å². The molecule has 2 aliphatic carbocycles. The molecule has 0 amide bonds. The summed E-state index contributed by atoms with van der Waals surface area (Å²) in [5.74, 6) is 3.95. The van der Waals surface area contributed by atoms with Gasteiger partial charge >= 0.3 is 0 Å². The van der Waals surface area contributed by atoms with Gasteiger partial charge in [-0.15, -0.1) is 0 Å². The lowest BCUT2D eigenvalue weighted by molar-refractivity contribution is 0.0865. The van der Waals surface area contributed by atoms with E-state index < -0.39 is 8.07 Å². The summed E-state index contributed by atoms with van der Waals surface area (Å²) < 4.78 is 12.2. The zero-order valence-electron chi connectivity index (χ0n) is 35.8. The van der Waals surface area contributed by atoms with Crippen molar-refractivity contribution in [1.29, 1.82) is 10.5 Å². The maximum atomic E-state index is 8.80. The molecule has 0 bridgehead atoms. The Morgan fingerprint density at radius 2 is 1.45 bits per heavy atom. The first-order chi connectivity index (χ1) is 29.3. The smallest absolute Gasteiger partial charge is 0.214 e. The van der Waals surface area contributed by atoms with E-state index in [1.807, 2.05) is 71.4 Å². The first kappa shape index (κ1) is 47.4. The third-order valence-corrected chi connectivity index (χ3v) is 12.7. The number of aromatic nitrogens is 10. The molecule has 5 heterocycles. The molecule has 0 aliphatic heterocycles. The number of hydrogen-bond donors (Lipinski definition) is 3. The van der Waals surface area contributed by atoms with Gasteiger partial charge in [-0.25, -0.2) is 29.9 Å². The number of hydrogen-bond acceptors (Lipinski definition) is 11. The third-order valence-electron chi connectivity index (χ3n) is 9.74. The molecule has 0 atom stereocenters. The van der Waals surface area contributed by atoms with Gasteiger partial charge in [0, 0.05) is 44.9 Å². The minimum atomic E-state index is -1.02. The average molecular weight is 982 g/mol. The van der Waals surface area contributed by atoms with E-state index in [-0.39, 0.29) is 13.1 Å². The highest BCUT2D eigenvalue weighted by Gasteiger charge is 2.26. The van der Waals surface area contributed by atoms with Gasteiger partial charge in [-0.05, 0) is 67.8 Å². The van der Waals surface area contributed by atoms with E-state index in [4.69, 9.17) is 31.7 Å². The van der Waals surface area contributed by atoms with Crippen molar-refractivity contribution in [2.75, 3.05) is 18.1 Å². The predicted molar refractivity (Wildman–Crippen MR) is 253 cm³/mol. The van der Waals surface area contributed by atoms with Crippen molar-refractivity contribution in [2.45, 2.75) is 84.0 Å². The van der Waals surface area contributed by atoms with Crippen LogP contribution in [0.4, 0.5) is 11.6 Å². The number of fused-ring (bicyclic) bond motifs is 1. The van der Waals surface area contributed by atoms with Crippen molar-refractivity contribution in [1.82, 2.24) is 48.6 Å². The number of halogens is 2. The zero-order chi connectivity index (χ0) is 43.5. The molecule has 2 aromatic carbocycles. The van der Waals surface area contributed by atoms with Crippen molar-refractivity contribution < 1.29 is 4.74 Å². The van der Waals surface area contributed by atoms with Gasteiger partial charge in [-0.1, -0.05) is 100 Å². The van der Waals surface area contributed by atoms with Crippen LogP contribution in [0.25, 0.3) is 22.8 Å². The summed E-state index contributed by atoms with van der Waals surface area (Å²) in [4.78, 5) is 29.3. The molecule has 2 fully saturated rings. The standard InChI is InChI=1S/C18H16BrN7.C11H9BrN4.C10H17N3OSi.C4H8.CH3/c19-18-23-13-14(20)24-16(15-21-8-12(22-15)11-6-7-11)25-17(13)26(18)9-10-4-2-1-3-5-10;12-11-15-9(6-13)10(14)16(11)7-8-4-2-1-3-5-8;1-15(2,3)7-6-14-9-13-5-4-12-10(13)8-11;1-4-2-3-4;/h1-5,8,11H,6-7,9H2,(H,21,22)(H2,20,24,25);1-5H,7,14H2;4-5H,6-7,9H2,1-3H3;4H,2-3H2,1H3;1H3/q;;;;-1. The normalized spacial score (nSPS) is 13.0. The fourth-order valence-electron chi connectivity index (χ4n) is 5.73. The molecule has 62 heavy (non-hydrogen) atoms. The monoisotopic (exact) mass is 979 g/mol. The molecule has 5 N–H and O–H groups in total. The van der Waals surface area contributed by atoms with E-state index in [1.54, 1.807) is 21.5 Å². The van der Waals surface area contributed by atoms with Crippen molar-refractivity contribution in [3.8, 4) is 23.8 Å². The summed E-state index contributed by atoms with van der Waals surface area (Å²) in [7, 11) is -1.02. The van der Waals surface area contributed by atoms with Gasteiger partial charge < -0.3 is 33.2 Å². The Labute approximate surface area is 380 Å². The second-order valence-electron chi connectivity index (χ2n) is 16.2. The number of ether oxygens (including phenoxy) is 1. The van der Waals surface area contributed by atoms with E-state index in [1.165, 1.54) is 25.7 Å². The Balaban J connectivity index is 0.000000175. The third kappa shape index (κ3) is 13.4. The lowest BCUT2D eigenvalue weighted by Crippen LogP contribution is -2.22. The molecule has 0 radical (unpaired) electrons. The van der Waals surface area contributed by atoms with E-state index in [0.717, 1.165) is 35.4 Å². The van der Waals surface area contributed by atoms with Crippen LogP contribution in [0.3, 0.4) is 0 Å². The number of nitrogens with two attached hydrogens (primary N) is 2. The molecule has 0 unspecified atom stereocenters. The molecule has 18 heteroatoms. The second kappa shape index (κ2) is 21.9. The van der Waals surface area contributed by atoms with Crippen LogP contribution in [0.15, 0.2) is 88.7 Å². The molecule has 5 aromatic heterocycles. The van der Waals surface area contributed by atoms with Crippen LogP contribution in [0.1, 0.15) is 66.9 Å². The van der Waals surface area contributed by atoms with Gasteiger partial charge in [-0.3, -0.25) is 9.13 Å². The van der Waals surface area contributed by atoms with Crippen LogP contribution >= 0.6 is 31.9 Å². The average Bonchev–Trinajstić information content (AvgIpc) is 4.08. The number of imidazole rings is 4. The SMILES string of the molecule is CC1CC1.C[Si](C)(C)CCOCn1ccnc1C#N.N#Cc1nc(Br)n(Cc2ccccc2)c1N.Nc1nc(-c2ncc(C3CC3)[nH]2)nc2c1nc(Br)n2Cc1ccccc1.[CH3-]. The molecule has 0 spiro atoms. The van der Waals surface area contributed by atoms with Crippen molar-refractivity contribution >= 4 is 62.7 Å². The van der Waals surface area contributed by atoms with Gasteiger partial charge in [0.2, 0.25) is 5.82 Å². The highest BCUT2D eigenvalue weighted by molar-refractivity contribution is 9.10. The van der Waals surface area contributed by atoms with Gasteiger partial charge in [0.05, 0.1) is 13.1 Å². The number of nitriles is 2. The maximum absolute atomic E-state index is 8.80. The summed E-state index contributed by atoms with van der Waals surface area (Å²) in [5.41, 5.74) is 16.9. The van der Waals surface area contributed by atoms with Gasteiger partial charge in [0.15, 0.2) is 43.8 Å². The summed E-state index contributed by atoms with van der Waals surface area (Å²) in [6, 6.07) is 25.1. The minimum absolute atomic E-state index is 0. The topological polar surface area (TPSA) is 217 Å². The minimum Gasteiger partial charge on any atom is -0.383 e. The first-order valence-electron chi connectivity index (χ1n) is 20.1. The van der Waals surface area contributed by atoms with E-state index in [0.29, 0.717) is 75.5 Å². The maximum Gasteiger partial charge on any atom is 0.214 e. The van der Waals surface area contributed by atoms with Crippen LogP contribution in [0.2, 0.25) is 25.7 Å². The van der Waals surface area contributed by atoms with E-state index in [9.17, 15) is 0 Å². The van der Waals surface area contributed by atoms with Gasteiger partial charge in [-0.2, -0.15) is 10.5 Å². The number of benzene rings is 2. The van der Waals surface area contributed by atoms with Gasteiger partial charge in [0.25, 0.3) is 0 Å². The molecule has 15 nitrogen and oxygen atoms in total. The molecule has 0 saturated heterocycles. The Kier molecular flexibility index (Phi) is 16.8. The van der Waals surface area contributed by atoms with Crippen LogP contribution in [-0.4, -0.2) is 63.3 Å². The van der Waals surface area contributed by atoms with Crippen LogP contribution in [0, 0.1) is 36.0 Å². The summed E-state index contributed by atoms with van der Waals surface area (Å²) in [5, 5.41) is 17.5. The molecule has 9 rings (SSSR count). The lowest BCUT2D eigenvalue weighted by Gasteiger charge is -2.15. The fourth-order valence-corrected chi connectivity index (χ4v) is 7.45. The number of aromatic amines is 1. The molecule has 2 saturated carbocycles. The van der Waals surface area contributed by atoms with Crippen LogP contribution in [-0.2, 0) is 24.6 Å². The Morgan fingerprint density at radius 3 is 2.00 bits per heavy atom. The summed E-state index contributed by atoms with van der Waals surface area (Å²) in [6.45, 7) is 11.6. The number of rotatable bonds is 11. The number of anilines is 2. The number of nitrogens with zero attached hydrogens (tertiary/aromatic N) is 11. The second-order valence-corrected chi connectivity index (χ2v) is 23.2. The Hall–Kier alpha value is -5.66. The Bertz CT molecular complexity index is 2590. The fraction of sp³-hybridized carbons (Fsp3) is 0.341. The lowest BCUT2D eigenvalue weighted by atomic mass is 10.2. The number of nitrogens with one attached hydrogen (secondary N) is 1. The molecular weight excluding hydrogens is 928 g/mol. The molecule has 7 aromatic rings. The largest absolute Gasteiger partial charge is 0.383 e. The highest BCUT2D eigenvalue weighted by atomic mass is 79.9. The number of nitrogen functional groups attached to an aromatic ring is 2.